The van der Waals surface area contributed by atoms with Gasteiger partial charge in [0.05, 0.1) is 12.7 Å². The van der Waals surface area contributed by atoms with Crippen LogP contribution < -0.4 is 15.4 Å². The van der Waals surface area contributed by atoms with Gasteiger partial charge < -0.3 is 20.3 Å². The molecule has 1 aromatic heterocycles. The van der Waals surface area contributed by atoms with E-state index in [1.54, 1.807) is 35.2 Å². The van der Waals surface area contributed by atoms with Crippen LogP contribution in [0, 0.1) is 5.41 Å². The Morgan fingerprint density at radius 1 is 1.21 bits per heavy atom. The Balaban J connectivity index is 1.26. The fourth-order valence-electron chi connectivity index (χ4n) is 4.32. The summed E-state index contributed by atoms with van der Waals surface area (Å²) in [6, 6.07) is 8.58. The smallest absolute Gasteiger partial charge is 0.268 e. The van der Waals surface area contributed by atoms with Gasteiger partial charge in [-0.15, -0.1) is 0 Å². The summed E-state index contributed by atoms with van der Waals surface area (Å²) >= 11 is 0. The molecule has 1 saturated carbocycles. The normalized spacial score (nSPS) is 20.7. The van der Waals surface area contributed by atoms with Crippen LogP contribution in [0.1, 0.15) is 52.6 Å². The molecule has 1 saturated heterocycles. The summed E-state index contributed by atoms with van der Waals surface area (Å²) in [5, 5.41) is 0. The number of aromatic nitrogens is 1. The molecule has 1 aromatic carbocycles. The minimum Gasteiger partial charge on any atom is -0.479 e. The third-order valence-corrected chi connectivity index (χ3v) is 6.58. The number of nitrogens with zero attached hydrogens (tertiary/aromatic N) is 3. The highest BCUT2D eigenvalue weighted by Gasteiger charge is 2.45. The standard InChI is InChI=1S/C24H24N4O5/c1-24(7-8-24)21(30)18-5-4-16(11-26-18)33-19-6-9-28(23(19)32)15-3-2-14-12-27(13-20(25)29)22(31)17(14)10-15/h2-5,10-11,19H,6-9,12-13H2,1H3,(H2,25,29)/t19-/m1/s1. The van der Waals surface area contributed by atoms with Gasteiger partial charge in [0.1, 0.15) is 11.4 Å². The van der Waals surface area contributed by atoms with Crippen molar-refractivity contribution >= 4 is 29.2 Å². The Morgan fingerprint density at radius 3 is 2.67 bits per heavy atom. The molecule has 0 spiro atoms. The summed E-state index contributed by atoms with van der Waals surface area (Å²) in [5.41, 5.74) is 7.22. The highest BCUT2D eigenvalue weighted by Crippen LogP contribution is 2.47. The summed E-state index contributed by atoms with van der Waals surface area (Å²) in [6.07, 6.45) is 3.06. The summed E-state index contributed by atoms with van der Waals surface area (Å²) in [6.45, 7) is 2.57. The second kappa shape index (κ2) is 7.68. The Bertz CT molecular complexity index is 1170. The van der Waals surface area contributed by atoms with Crippen LogP contribution in [-0.2, 0) is 16.1 Å². The number of primary amides is 1. The number of ketones is 1. The zero-order valence-electron chi connectivity index (χ0n) is 18.2. The summed E-state index contributed by atoms with van der Waals surface area (Å²) in [5.74, 6) is -0.581. The molecular formula is C24H24N4O5. The van der Waals surface area contributed by atoms with Gasteiger partial charge in [0.15, 0.2) is 11.9 Å². The molecule has 3 aliphatic rings. The molecule has 170 valence electrons. The Hall–Kier alpha value is -3.75. The number of benzene rings is 1. The first-order valence-electron chi connectivity index (χ1n) is 10.9. The second-order valence-corrected chi connectivity index (χ2v) is 9.12. The second-order valence-electron chi connectivity index (χ2n) is 9.12. The third-order valence-electron chi connectivity index (χ3n) is 6.58. The number of Topliss-reactive ketones (excluding diaryl/α,β-unsaturated/α-hetero) is 1. The number of amides is 3. The molecule has 33 heavy (non-hydrogen) atoms. The Kier molecular flexibility index (Phi) is 4.92. The first-order chi connectivity index (χ1) is 15.7. The molecule has 1 aliphatic carbocycles. The van der Waals surface area contributed by atoms with Crippen LogP contribution in [0.2, 0.25) is 0 Å². The minimum absolute atomic E-state index is 0.0396. The molecule has 0 unspecified atom stereocenters. The van der Waals surface area contributed by atoms with Gasteiger partial charge in [0.2, 0.25) is 5.91 Å². The van der Waals surface area contributed by atoms with Gasteiger partial charge in [-0.05, 0) is 42.7 Å². The molecule has 0 bridgehead atoms. The lowest BCUT2D eigenvalue weighted by Crippen LogP contribution is -2.34. The van der Waals surface area contributed by atoms with Gasteiger partial charge in [0.25, 0.3) is 11.8 Å². The molecule has 3 amide bonds. The number of rotatable bonds is 7. The van der Waals surface area contributed by atoms with Crippen LogP contribution in [-0.4, -0.2) is 52.6 Å². The predicted octanol–water partition coefficient (Wildman–Crippen LogP) is 1.69. The van der Waals surface area contributed by atoms with Crippen LogP contribution in [0.4, 0.5) is 5.69 Å². The van der Waals surface area contributed by atoms with E-state index in [9.17, 15) is 19.2 Å². The maximum atomic E-state index is 13.0. The molecule has 2 N–H and O–H groups in total. The van der Waals surface area contributed by atoms with Crippen molar-refractivity contribution < 1.29 is 23.9 Å². The Morgan fingerprint density at radius 2 is 2.00 bits per heavy atom. The fraction of sp³-hybridized carbons (Fsp3) is 0.375. The molecule has 5 rings (SSSR count). The SMILES string of the molecule is CC1(C(=O)c2ccc(O[C@@H]3CCN(c4ccc5c(c4)C(=O)N(CC(N)=O)C5)C3=O)cn2)CC1. The summed E-state index contributed by atoms with van der Waals surface area (Å²) in [4.78, 5) is 56.4. The zero-order chi connectivity index (χ0) is 23.3. The highest BCUT2D eigenvalue weighted by atomic mass is 16.5. The average molecular weight is 448 g/mol. The molecule has 0 radical (unpaired) electrons. The van der Waals surface area contributed by atoms with E-state index in [2.05, 4.69) is 4.98 Å². The number of carbonyl (C=O) groups is 4. The van der Waals surface area contributed by atoms with Crippen molar-refractivity contribution in [3.8, 4) is 5.75 Å². The van der Waals surface area contributed by atoms with Crippen molar-refractivity contribution in [3.63, 3.8) is 0 Å². The largest absolute Gasteiger partial charge is 0.479 e. The molecule has 1 atom stereocenters. The zero-order valence-corrected chi connectivity index (χ0v) is 18.2. The van der Waals surface area contributed by atoms with E-state index in [0.717, 1.165) is 18.4 Å². The number of hydrogen-bond acceptors (Lipinski definition) is 6. The number of ether oxygens (including phenoxy) is 1. The summed E-state index contributed by atoms with van der Waals surface area (Å²) < 4.78 is 5.86. The molecule has 9 heteroatoms. The number of anilines is 1. The first kappa shape index (κ1) is 21.1. The molecule has 2 aromatic rings. The van der Waals surface area contributed by atoms with Gasteiger partial charge in [-0.25, -0.2) is 4.98 Å². The number of carbonyl (C=O) groups excluding carboxylic acids is 4. The number of hydrogen-bond donors (Lipinski definition) is 1. The first-order valence-corrected chi connectivity index (χ1v) is 10.9. The maximum absolute atomic E-state index is 13.0. The van der Waals surface area contributed by atoms with Gasteiger partial charge >= 0.3 is 0 Å². The molecule has 3 heterocycles. The quantitative estimate of drug-likeness (QED) is 0.643. The maximum Gasteiger partial charge on any atom is 0.268 e. The average Bonchev–Trinajstić information content (AvgIpc) is 3.35. The van der Waals surface area contributed by atoms with Crippen LogP contribution in [0.5, 0.6) is 5.75 Å². The number of pyridine rings is 1. The van der Waals surface area contributed by atoms with Crippen molar-refractivity contribution in [1.82, 2.24) is 9.88 Å². The van der Waals surface area contributed by atoms with Gasteiger partial charge in [-0.1, -0.05) is 13.0 Å². The van der Waals surface area contributed by atoms with Crippen LogP contribution in [0.3, 0.4) is 0 Å². The lowest BCUT2D eigenvalue weighted by molar-refractivity contribution is -0.123. The monoisotopic (exact) mass is 448 g/mol. The van der Waals surface area contributed by atoms with Crippen molar-refractivity contribution in [1.29, 1.82) is 0 Å². The van der Waals surface area contributed by atoms with Crippen molar-refractivity contribution in [2.45, 2.75) is 38.8 Å². The number of nitrogens with two attached hydrogens (primary N) is 1. The van der Waals surface area contributed by atoms with Gasteiger partial charge in [-0.3, -0.25) is 19.2 Å². The lowest BCUT2D eigenvalue weighted by atomic mass is 10.0. The van der Waals surface area contributed by atoms with Crippen LogP contribution in [0.25, 0.3) is 0 Å². The topological polar surface area (TPSA) is 123 Å². The predicted molar refractivity (Wildman–Crippen MR) is 118 cm³/mol. The van der Waals surface area contributed by atoms with E-state index in [1.165, 1.54) is 11.1 Å². The molecule has 2 fully saturated rings. The van der Waals surface area contributed by atoms with E-state index >= 15 is 0 Å². The van der Waals surface area contributed by atoms with Gasteiger partial charge in [0, 0.05) is 36.2 Å². The van der Waals surface area contributed by atoms with E-state index in [1.807, 2.05) is 6.92 Å². The van der Waals surface area contributed by atoms with E-state index in [-0.39, 0.29) is 29.6 Å². The van der Waals surface area contributed by atoms with Gasteiger partial charge in [-0.2, -0.15) is 0 Å². The Labute approximate surface area is 190 Å². The third kappa shape index (κ3) is 3.83. The fourth-order valence-corrected chi connectivity index (χ4v) is 4.32. The number of fused-ring (bicyclic) bond motifs is 1. The molecule has 2 aliphatic heterocycles. The minimum atomic E-state index is -0.676. The van der Waals surface area contributed by atoms with E-state index in [0.29, 0.717) is 42.2 Å². The van der Waals surface area contributed by atoms with E-state index in [4.69, 9.17) is 10.5 Å². The van der Waals surface area contributed by atoms with Crippen molar-refractivity contribution in [2.75, 3.05) is 18.0 Å². The lowest BCUT2D eigenvalue weighted by Gasteiger charge is -2.18. The van der Waals surface area contributed by atoms with E-state index < -0.39 is 12.0 Å². The van der Waals surface area contributed by atoms with Crippen LogP contribution >= 0.6 is 0 Å². The van der Waals surface area contributed by atoms with Crippen LogP contribution in [0.15, 0.2) is 36.5 Å². The highest BCUT2D eigenvalue weighted by molar-refractivity contribution is 6.04. The van der Waals surface area contributed by atoms with Crippen molar-refractivity contribution in [3.05, 3.63) is 53.3 Å². The summed E-state index contributed by atoms with van der Waals surface area (Å²) in [7, 11) is 0. The molecule has 9 nitrogen and oxygen atoms in total. The van der Waals surface area contributed by atoms with Crippen molar-refractivity contribution in [2.24, 2.45) is 11.1 Å². The molecular weight excluding hydrogens is 424 g/mol.